The standard InChI is InChI=1S/C24H18ClNO4/c1-2-29-18-10-7-15(8-11-18)23(27)26-17-9-12-19(21(25)14-17)20-13-16-5-3-4-6-22(16)30-24(20)28/h3-14H,2H2,1H3,(H,26,27). The summed E-state index contributed by atoms with van der Waals surface area (Å²) >= 11 is 6.42. The number of para-hydroxylation sites is 1. The summed E-state index contributed by atoms with van der Waals surface area (Å²) in [5.41, 5.74) is 1.96. The molecule has 30 heavy (non-hydrogen) atoms. The predicted octanol–water partition coefficient (Wildman–Crippen LogP) is 5.76. The molecule has 0 saturated heterocycles. The second-order valence-corrected chi connectivity index (χ2v) is 7.00. The smallest absolute Gasteiger partial charge is 0.344 e. The summed E-state index contributed by atoms with van der Waals surface area (Å²) in [4.78, 5) is 24.9. The van der Waals surface area contributed by atoms with Crippen LogP contribution in [0.4, 0.5) is 5.69 Å². The SMILES string of the molecule is CCOc1ccc(C(=O)Nc2ccc(-c3cc4ccccc4oc3=O)c(Cl)c2)cc1. The Balaban J connectivity index is 1.58. The summed E-state index contributed by atoms with van der Waals surface area (Å²) in [7, 11) is 0. The molecule has 4 aromatic rings. The molecule has 0 atom stereocenters. The first-order valence-electron chi connectivity index (χ1n) is 9.42. The van der Waals surface area contributed by atoms with Gasteiger partial charge in [0, 0.05) is 22.2 Å². The Morgan fingerprint density at radius 1 is 1.00 bits per heavy atom. The van der Waals surface area contributed by atoms with Crippen LogP contribution in [0.2, 0.25) is 5.02 Å². The van der Waals surface area contributed by atoms with Crippen LogP contribution in [0, 0.1) is 0 Å². The Morgan fingerprint density at radius 2 is 1.77 bits per heavy atom. The summed E-state index contributed by atoms with van der Waals surface area (Å²) in [6.45, 7) is 2.46. The van der Waals surface area contributed by atoms with Crippen molar-refractivity contribution in [3.05, 3.63) is 93.8 Å². The molecule has 0 saturated carbocycles. The van der Waals surface area contributed by atoms with Crippen molar-refractivity contribution in [2.75, 3.05) is 11.9 Å². The van der Waals surface area contributed by atoms with Crippen molar-refractivity contribution in [2.24, 2.45) is 0 Å². The molecule has 0 radical (unpaired) electrons. The lowest BCUT2D eigenvalue weighted by molar-refractivity contribution is 0.102. The zero-order chi connectivity index (χ0) is 21.1. The van der Waals surface area contributed by atoms with Crippen LogP contribution >= 0.6 is 11.6 Å². The van der Waals surface area contributed by atoms with Crippen LogP contribution in [0.5, 0.6) is 5.75 Å². The van der Waals surface area contributed by atoms with Crippen LogP contribution in [0.15, 0.2) is 82.0 Å². The van der Waals surface area contributed by atoms with Crippen molar-refractivity contribution in [2.45, 2.75) is 6.92 Å². The maximum absolute atomic E-state index is 12.5. The van der Waals surface area contributed by atoms with Gasteiger partial charge in [-0.05, 0) is 55.5 Å². The molecule has 0 aliphatic carbocycles. The molecule has 6 heteroatoms. The zero-order valence-corrected chi connectivity index (χ0v) is 16.9. The number of halogens is 1. The average molecular weight is 420 g/mol. The number of rotatable bonds is 5. The highest BCUT2D eigenvalue weighted by Gasteiger charge is 2.13. The zero-order valence-electron chi connectivity index (χ0n) is 16.1. The number of carbonyl (C=O) groups is 1. The first-order chi connectivity index (χ1) is 14.5. The van der Waals surface area contributed by atoms with Crippen molar-refractivity contribution in [3.8, 4) is 16.9 Å². The maximum atomic E-state index is 12.5. The Hall–Kier alpha value is -3.57. The van der Waals surface area contributed by atoms with Gasteiger partial charge in [-0.25, -0.2) is 4.79 Å². The van der Waals surface area contributed by atoms with Gasteiger partial charge in [-0.3, -0.25) is 4.79 Å². The monoisotopic (exact) mass is 419 g/mol. The van der Waals surface area contributed by atoms with E-state index in [-0.39, 0.29) is 5.91 Å². The van der Waals surface area contributed by atoms with Gasteiger partial charge < -0.3 is 14.5 Å². The third-order valence-electron chi connectivity index (χ3n) is 4.59. The number of hydrogen-bond acceptors (Lipinski definition) is 4. The van der Waals surface area contributed by atoms with Crippen molar-refractivity contribution in [1.29, 1.82) is 0 Å². The molecule has 0 aliphatic heterocycles. The van der Waals surface area contributed by atoms with Gasteiger partial charge in [0.2, 0.25) is 0 Å². The number of carbonyl (C=O) groups excluding carboxylic acids is 1. The summed E-state index contributed by atoms with van der Waals surface area (Å²) in [5, 5.41) is 3.94. The van der Waals surface area contributed by atoms with E-state index in [4.69, 9.17) is 20.8 Å². The number of fused-ring (bicyclic) bond motifs is 1. The third-order valence-corrected chi connectivity index (χ3v) is 4.90. The fourth-order valence-electron chi connectivity index (χ4n) is 3.13. The van der Waals surface area contributed by atoms with E-state index in [9.17, 15) is 9.59 Å². The molecule has 0 aliphatic rings. The minimum atomic E-state index is -0.471. The predicted molar refractivity (Wildman–Crippen MR) is 118 cm³/mol. The fourth-order valence-corrected chi connectivity index (χ4v) is 3.42. The maximum Gasteiger partial charge on any atom is 0.344 e. The summed E-state index contributed by atoms with van der Waals surface area (Å²) < 4.78 is 10.8. The molecule has 0 spiro atoms. The van der Waals surface area contributed by atoms with Crippen LogP contribution < -0.4 is 15.7 Å². The number of hydrogen-bond donors (Lipinski definition) is 1. The Kier molecular flexibility index (Phi) is 5.55. The van der Waals surface area contributed by atoms with Gasteiger partial charge in [-0.1, -0.05) is 35.9 Å². The molecule has 1 aromatic heterocycles. The van der Waals surface area contributed by atoms with E-state index in [2.05, 4.69) is 5.32 Å². The first-order valence-corrected chi connectivity index (χ1v) is 9.80. The fraction of sp³-hybridized carbons (Fsp3) is 0.0833. The van der Waals surface area contributed by atoms with Crippen molar-refractivity contribution in [1.82, 2.24) is 0 Å². The lowest BCUT2D eigenvalue weighted by Crippen LogP contribution is -2.12. The van der Waals surface area contributed by atoms with Crippen LogP contribution in [0.3, 0.4) is 0 Å². The molecule has 1 N–H and O–H groups in total. The molecule has 5 nitrogen and oxygen atoms in total. The Morgan fingerprint density at radius 3 is 2.50 bits per heavy atom. The minimum Gasteiger partial charge on any atom is -0.494 e. The summed E-state index contributed by atoms with van der Waals surface area (Å²) in [6.07, 6.45) is 0. The third kappa shape index (κ3) is 4.07. The topological polar surface area (TPSA) is 68.5 Å². The second-order valence-electron chi connectivity index (χ2n) is 6.59. The molecule has 150 valence electrons. The Bertz CT molecular complexity index is 1280. The van der Waals surface area contributed by atoms with E-state index in [0.717, 1.165) is 5.39 Å². The van der Waals surface area contributed by atoms with Crippen LogP contribution in [0.1, 0.15) is 17.3 Å². The van der Waals surface area contributed by atoms with Crippen molar-refractivity contribution < 1.29 is 13.9 Å². The first kappa shape index (κ1) is 19.7. The van der Waals surface area contributed by atoms with Gasteiger partial charge in [0.05, 0.1) is 17.2 Å². The molecule has 0 fully saturated rings. The number of benzene rings is 3. The van der Waals surface area contributed by atoms with E-state index < -0.39 is 5.63 Å². The highest BCUT2D eigenvalue weighted by atomic mass is 35.5. The highest BCUT2D eigenvalue weighted by Crippen LogP contribution is 2.30. The summed E-state index contributed by atoms with van der Waals surface area (Å²) in [6, 6.07) is 20.9. The van der Waals surface area contributed by atoms with Gasteiger partial charge in [-0.15, -0.1) is 0 Å². The molecule has 1 heterocycles. The van der Waals surface area contributed by atoms with Crippen LogP contribution in [0.25, 0.3) is 22.1 Å². The molecule has 0 bridgehead atoms. The van der Waals surface area contributed by atoms with Gasteiger partial charge in [0.25, 0.3) is 5.91 Å². The average Bonchev–Trinajstić information content (AvgIpc) is 2.74. The van der Waals surface area contributed by atoms with E-state index in [1.165, 1.54) is 0 Å². The highest BCUT2D eigenvalue weighted by molar-refractivity contribution is 6.33. The van der Waals surface area contributed by atoms with E-state index >= 15 is 0 Å². The quantitative estimate of drug-likeness (QED) is 0.417. The van der Waals surface area contributed by atoms with Gasteiger partial charge in [0.1, 0.15) is 11.3 Å². The lowest BCUT2D eigenvalue weighted by atomic mass is 10.1. The lowest BCUT2D eigenvalue weighted by Gasteiger charge is -2.10. The second kappa shape index (κ2) is 8.43. The van der Waals surface area contributed by atoms with E-state index in [1.54, 1.807) is 60.7 Å². The van der Waals surface area contributed by atoms with Crippen LogP contribution in [-0.4, -0.2) is 12.5 Å². The van der Waals surface area contributed by atoms with Crippen molar-refractivity contribution >= 4 is 34.2 Å². The van der Waals surface area contributed by atoms with E-state index in [0.29, 0.717) is 45.3 Å². The molecule has 1 amide bonds. The minimum absolute atomic E-state index is 0.271. The number of amides is 1. The van der Waals surface area contributed by atoms with Gasteiger partial charge in [0.15, 0.2) is 0 Å². The molecular formula is C24H18ClNO4. The van der Waals surface area contributed by atoms with Crippen molar-refractivity contribution in [3.63, 3.8) is 0 Å². The molecule has 4 rings (SSSR count). The molecule has 0 unspecified atom stereocenters. The normalized spacial score (nSPS) is 10.7. The van der Waals surface area contributed by atoms with E-state index in [1.807, 2.05) is 19.1 Å². The van der Waals surface area contributed by atoms with Crippen LogP contribution in [-0.2, 0) is 0 Å². The number of anilines is 1. The van der Waals surface area contributed by atoms with Gasteiger partial charge in [-0.2, -0.15) is 0 Å². The number of nitrogens with one attached hydrogen (secondary N) is 1. The molecular weight excluding hydrogens is 402 g/mol. The Labute approximate surface area is 177 Å². The number of ether oxygens (including phenoxy) is 1. The van der Waals surface area contributed by atoms with Gasteiger partial charge >= 0.3 is 5.63 Å². The summed E-state index contributed by atoms with van der Waals surface area (Å²) in [5.74, 6) is 0.433. The molecule has 3 aromatic carbocycles. The largest absolute Gasteiger partial charge is 0.494 e.